The second-order valence-electron chi connectivity index (χ2n) is 5.56. The molecule has 0 bridgehead atoms. The first kappa shape index (κ1) is 16.4. The van der Waals surface area contributed by atoms with Crippen LogP contribution >= 0.6 is 23.2 Å². The molecule has 2 unspecified atom stereocenters. The lowest BCUT2D eigenvalue weighted by molar-refractivity contribution is 0.0909. The summed E-state index contributed by atoms with van der Waals surface area (Å²) in [6.45, 7) is 0.707. The van der Waals surface area contributed by atoms with Crippen molar-refractivity contribution < 1.29 is 9.90 Å². The minimum Gasteiger partial charge on any atom is -0.399 e. The molecule has 4 nitrogen and oxygen atoms in total. The van der Waals surface area contributed by atoms with Crippen molar-refractivity contribution in [2.75, 3.05) is 18.9 Å². The zero-order valence-corrected chi connectivity index (χ0v) is 13.3. The van der Waals surface area contributed by atoms with E-state index >= 15 is 0 Å². The van der Waals surface area contributed by atoms with Gasteiger partial charge in [-0.25, -0.2) is 0 Å². The summed E-state index contributed by atoms with van der Waals surface area (Å²) < 4.78 is 0. The first-order chi connectivity index (χ1) is 10.0. The Bertz CT molecular complexity index is 523. The quantitative estimate of drug-likeness (QED) is 0.742. The molecule has 0 spiro atoms. The van der Waals surface area contributed by atoms with Crippen molar-refractivity contribution in [1.29, 1.82) is 0 Å². The summed E-state index contributed by atoms with van der Waals surface area (Å²) in [6.07, 6.45) is 4.33. The predicted molar refractivity (Wildman–Crippen MR) is 85.7 cm³/mol. The van der Waals surface area contributed by atoms with E-state index in [0.717, 1.165) is 25.7 Å². The molecule has 1 amide bonds. The van der Waals surface area contributed by atoms with E-state index in [1.54, 1.807) is 0 Å². The Hall–Kier alpha value is -0.970. The number of halogens is 2. The number of rotatable bonds is 4. The number of hydrogen-bond donors (Lipinski definition) is 3. The number of benzene rings is 1. The maximum Gasteiger partial charge on any atom is 0.252 e. The van der Waals surface area contributed by atoms with Crippen LogP contribution in [0.2, 0.25) is 10.0 Å². The van der Waals surface area contributed by atoms with Gasteiger partial charge in [-0.2, -0.15) is 0 Å². The van der Waals surface area contributed by atoms with Crippen LogP contribution in [0.4, 0.5) is 5.69 Å². The Morgan fingerprint density at radius 1 is 1.29 bits per heavy atom. The van der Waals surface area contributed by atoms with E-state index in [1.807, 2.05) is 0 Å². The van der Waals surface area contributed by atoms with Gasteiger partial charge >= 0.3 is 0 Å². The van der Waals surface area contributed by atoms with Crippen LogP contribution in [0.25, 0.3) is 0 Å². The predicted octanol–water partition coefficient (Wildman–Crippen LogP) is 3.10. The highest BCUT2D eigenvalue weighted by molar-refractivity contribution is 6.44. The fraction of sp³-hybridized carbons (Fsp3) is 0.533. The molecule has 116 valence electrons. The van der Waals surface area contributed by atoms with Crippen LogP contribution in [0.3, 0.4) is 0 Å². The third kappa shape index (κ3) is 4.02. The number of aliphatic hydroxyl groups excluding tert-OH is 1. The zero-order chi connectivity index (χ0) is 15.4. The average Bonchev–Trinajstić information content (AvgIpc) is 2.48. The molecule has 0 aliphatic heterocycles. The van der Waals surface area contributed by atoms with Gasteiger partial charge in [0.2, 0.25) is 0 Å². The number of hydrogen-bond acceptors (Lipinski definition) is 3. The van der Waals surface area contributed by atoms with E-state index in [1.165, 1.54) is 12.1 Å². The van der Waals surface area contributed by atoms with E-state index in [2.05, 4.69) is 5.32 Å². The zero-order valence-electron chi connectivity index (χ0n) is 11.7. The van der Waals surface area contributed by atoms with E-state index in [4.69, 9.17) is 28.9 Å². The molecule has 1 saturated carbocycles. The molecule has 0 radical (unpaired) electrons. The summed E-state index contributed by atoms with van der Waals surface area (Å²) in [5, 5.41) is 12.8. The number of anilines is 1. The van der Waals surface area contributed by atoms with Gasteiger partial charge in [-0.3, -0.25) is 4.79 Å². The fourth-order valence-electron chi connectivity index (χ4n) is 2.89. The molecule has 2 atom stereocenters. The largest absolute Gasteiger partial charge is 0.399 e. The topological polar surface area (TPSA) is 75.4 Å². The van der Waals surface area contributed by atoms with Crippen LogP contribution in [-0.2, 0) is 0 Å². The Balaban J connectivity index is 2.01. The van der Waals surface area contributed by atoms with Gasteiger partial charge < -0.3 is 16.2 Å². The van der Waals surface area contributed by atoms with Crippen LogP contribution in [0.1, 0.15) is 36.0 Å². The Labute approximate surface area is 134 Å². The lowest BCUT2D eigenvalue weighted by atomic mass is 9.79. The molecule has 1 fully saturated rings. The van der Waals surface area contributed by atoms with Crippen molar-refractivity contribution in [2.45, 2.75) is 25.7 Å². The molecule has 1 aromatic rings. The normalized spacial score (nSPS) is 22.0. The van der Waals surface area contributed by atoms with Crippen LogP contribution in [0.15, 0.2) is 12.1 Å². The van der Waals surface area contributed by atoms with Gasteiger partial charge in [0.25, 0.3) is 5.91 Å². The van der Waals surface area contributed by atoms with E-state index in [0.29, 0.717) is 18.2 Å². The third-order valence-corrected chi connectivity index (χ3v) is 4.92. The maximum absolute atomic E-state index is 12.2. The van der Waals surface area contributed by atoms with Crippen molar-refractivity contribution in [3.8, 4) is 0 Å². The van der Waals surface area contributed by atoms with Crippen LogP contribution in [-0.4, -0.2) is 24.2 Å². The molecule has 1 aliphatic carbocycles. The summed E-state index contributed by atoms with van der Waals surface area (Å²) in [5.74, 6) is 0.290. The number of carbonyl (C=O) groups is 1. The van der Waals surface area contributed by atoms with Gasteiger partial charge in [0, 0.05) is 18.8 Å². The number of carbonyl (C=O) groups excluding carboxylic acids is 1. The van der Waals surface area contributed by atoms with Crippen molar-refractivity contribution >= 4 is 34.8 Å². The van der Waals surface area contributed by atoms with Crippen molar-refractivity contribution in [1.82, 2.24) is 5.32 Å². The maximum atomic E-state index is 12.2. The molecule has 6 heteroatoms. The number of amides is 1. The molecule has 0 aromatic heterocycles. The smallest absolute Gasteiger partial charge is 0.252 e. The average molecular weight is 331 g/mol. The molecule has 21 heavy (non-hydrogen) atoms. The summed E-state index contributed by atoms with van der Waals surface area (Å²) >= 11 is 12.0. The highest BCUT2D eigenvalue weighted by Crippen LogP contribution is 2.30. The first-order valence-corrected chi connectivity index (χ1v) is 7.92. The molecule has 0 saturated heterocycles. The van der Waals surface area contributed by atoms with E-state index < -0.39 is 0 Å². The third-order valence-electron chi connectivity index (χ3n) is 4.12. The summed E-state index contributed by atoms with van der Waals surface area (Å²) in [6, 6.07) is 3.04. The fourth-order valence-corrected chi connectivity index (χ4v) is 3.31. The monoisotopic (exact) mass is 330 g/mol. The van der Waals surface area contributed by atoms with Crippen LogP contribution in [0, 0.1) is 11.8 Å². The summed E-state index contributed by atoms with van der Waals surface area (Å²) in [4.78, 5) is 12.2. The standard InChI is InChI=1S/C15H20Cl2N2O2/c16-13-6-11(18)5-12(14(13)17)15(21)19-7-9-3-1-2-4-10(9)8-20/h5-6,9-10,20H,1-4,7-8,18H2,(H,19,21). The van der Waals surface area contributed by atoms with Gasteiger partial charge in [0.05, 0.1) is 15.6 Å². The van der Waals surface area contributed by atoms with Crippen molar-refractivity contribution in [2.24, 2.45) is 11.8 Å². The van der Waals surface area contributed by atoms with Gasteiger partial charge in [-0.1, -0.05) is 36.0 Å². The highest BCUT2D eigenvalue weighted by Gasteiger charge is 2.25. The molecule has 0 heterocycles. The molecule has 1 aliphatic rings. The van der Waals surface area contributed by atoms with Gasteiger partial charge in [0.1, 0.15) is 0 Å². The van der Waals surface area contributed by atoms with E-state index in [-0.39, 0.29) is 34.0 Å². The lowest BCUT2D eigenvalue weighted by Gasteiger charge is -2.30. The van der Waals surface area contributed by atoms with Gasteiger partial charge in [-0.15, -0.1) is 0 Å². The number of nitrogens with two attached hydrogens (primary N) is 1. The Morgan fingerprint density at radius 3 is 2.62 bits per heavy atom. The molecule has 4 N–H and O–H groups in total. The summed E-state index contributed by atoms with van der Waals surface area (Å²) in [7, 11) is 0. The summed E-state index contributed by atoms with van der Waals surface area (Å²) in [5.41, 5.74) is 6.39. The molecule has 1 aromatic carbocycles. The Kier molecular flexibility index (Phi) is 5.73. The number of nitrogen functional groups attached to an aromatic ring is 1. The van der Waals surface area contributed by atoms with Crippen LogP contribution < -0.4 is 11.1 Å². The second kappa shape index (κ2) is 7.34. The Morgan fingerprint density at radius 2 is 1.95 bits per heavy atom. The SMILES string of the molecule is Nc1cc(Cl)c(Cl)c(C(=O)NCC2CCCCC2CO)c1. The lowest BCUT2D eigenvalue weighted by Crippen LogP contribution is -2.35. The van der Waals surface area contributed by atoms with Gasteiger partial charge in [-0.05, 0) is 36.8 Å². The first-order valence-electron chi connectivity index (χ1n) is 7.16. The minimum atomic E-state index is -0.281. The number of nitrogens with one attached hydrogen (secondary N) is 1. The second-order valence-corrected chi connectivity index (χ2v) is 6.35. The van der Waals surface area contributed by atoms with Crippen molar-refractivity contribution in [3.63, 3.8) is 0 Å². The molecular formula is C15H20Cl2N2O2. The van der Waals surface area contributed by atoms with Crippen LogP contribution in [0.5, 0.6) is 0 Å². The molecule has 2 rings (SSSR count). The van der Waals surface area contributed by atoms with E-state index in [9.17, 15) is 9.90 Å². The number of aliphatic hydroxyl groups is 1. The highest BCUT2D eigenvalue weighted by atomic mass is 35.5. The molecular weight excluding hydrogens is 311 g/mol. The van der Waals surface area contributed by atoms with Gasteiger partial charge in [0.15, 0.2) is 0 Å². The van der Waals surface area contributed by atoms with Crippen molar-refractivity contribution in [3.05, 3.63) is 27.7 Å². The minimum absolute atomic E-state index is 0.172.